The molecule has 146 valence electrons. The maximum atomic E-state index is 12.4. The molecule has 0 bridgehead atoms. The number of nitrogens with zero attached hydrogens (tertiary/aromatic N) is 5. The molecule has 6 nitrogen and oxygen atoms in total. The lowest BCUT2D eigenvalue weighted by atomic mass is 10.1. The average Bonchev–Trinajstić information content (AvgIpc) is 3.14. The molecule has 0 N–H and O–H groups in total. The summed E-state index contributed by atoms with van der Waals surface area (Å²) in [5, 5.41) is 9.51. The fraction of sp³-hybridized carbons (Fsp3) is 0.333. The van der Waals surface area contributed by atoms with Gasteiger partial charge in [0.2, 0.25) is 5.91 Å². The molecule has 0 spiro atoms. The van der Waals surface area contributed by atoms with Crippen LogP contribution in [0.25, 0.3) is 17.1 Å². The van der Waals surface area contributed by atoms with E-state index in [1.807, 2.05) is 35.4 Å². The third-order valence-electron chi connectivity index (χ3n) is 4.76. The number of aromatic nitrogens is 4. The molecule has 0 unspecified atom stereocenters. The zero-order valence-electron chi connectivity index (χ0n) is 16.7. The van der Waals surface area contributed by atoms with E-state index in [1.54, 1.807) is 12.4 Å². The molecule has 0 fully saturated rings. The van der Waals surface area contributed by atoms with E-state index < -0.39 is 0 Å². The van der Waals surface area contributed by atoms with Crippen molar-refractivity contribution in [2.75, 3.05) is 18.8 Å². The number of carbonyl (C=O) groups excluding carboxylic acids is 1. The van der Waals surface area contributed by atoms with Crippen molar-refractivity contribution in [3.8, 4) is 17.1 Å². The quantitative estimate of drug-likeness (QED) is 0.568. The van der Waals surface area contributed by atoms with Crippen molar-refractivity contribution in [1.29, 1.82) is 0 Å². The number of amides is 1. The Labute approximate surface area is 170 Å². The van der Waals surface area contributed by atoms with Gasteiger partial charge in [0, 0.05) is 31.0 Å². The van der Waals surface area contributed by atoms with E-state index in [0.717, 1.165) is 17.1 Å². The van der Waals surface area contributed by atoms with E-state index in [-0.39, 0.29) is 5.91 Å². The van der Waals surface area contributed by atoms with E-state index in [0.29, 0.717) is 24.0 Å². The van der Waals surface area contributed by atoms with Crippen LogP contribution in [-0.2, 0) is 4.79 Å². The maximum Gasteiger partial charge on any atom is 0.233 e. The highest BCUT2D eigenvalue weighted by atomic mass is 32.2. The van der Waals surface area contributed by atoms with Crippen molar-refractivity contribution in [3.63, 3.8) is 0 Å². The van der Waals surface area contributed by atoms with E-state index in [2.05, 4.69) is 47.2 Å². The normalized spacial score (nSPS) is 10.9. The largest absolute Gasteiger partial charge is 0.343 e. The lowest BCUT2D eigenvalue weighted by Crippen LogP contribution is -2.31. The van der Waals surface area contributed by atoms with Crippen LogP contribution in [0.1, 0.15) is 25.0 Å². The van der Waals surface area contributed by atoms with Crippen LogP contribution in [-0.4, -0.2) is 49.4 Å². The minimum Gasteiger partial charge on any atom is -0.343 e. The first-order valence-corrected chi connectivity index (χ1v) is 10.4. The van der Waals surface area contributed by atoms with Crippen LogP contribution < -0.4 is 0 Å². The summed E-state index contributed by atoms with van der Waals surface area (Å²) in [5.74, 6) is 1.18. The summed E-state index contributed by atoms with van der Waals surface area (Å²) in [7, 11) is 0. The first-order chi connectivity index (χ1) is 13.5. The number of thioether (sulfide) groups is 1. The lowest BCUT2D eigenvalue weighted by Gasteiger charge is -2.18. The summed E-state index contributed by atoms with van der Waals surface area (Å²) in [5.41, 5.74) is 4.34. The van der Waals surface area contributed by atoms with Gasteiger partial charge in [-0.3, -0.25) is 14.3 Å². The van der Waals surface area contributed by atoms with Crippen molar-refractivity contribution >= 4 is 17.7 Å². The molecule has 0 aliphatic rings. The summed E-state index contributed by atoms with van der Waals surface area (Å²) >= 11 is 1.42. The number of pyridine rings is 1. The van der Waals surface area contributed by atoms with Gasteiger partial charge in [0.05, 0.1) is 11.4 Å². The van der Waals surface area contributed by atoms with Crippen LogP contribution in [0.3, 0.4) is 0 Å². The number of carbonyl (C=O) groups is 1. The zero-order chi connectivity index (χ0) is 20.1. The number of rotatable bonds is 7. The first kappa shape index (κ1) is 20.1. The molecule has 7 heteroatoms. The molecular weight excluding hydrogens is 370 g/mol. The molecule has 1 aromatic carbocycles. The van der Waals surface area contributed by atoms with Gasteiger partial charge < -0.3 is 4.90 Å². The maximum absolute atomic E-state index is 12.4. The monoisotopic (exact) mass is 395 g/mol. The number of hydrogen-bond donors (Lipinski definition) is 0. The third-order valence-corrected chi connectivity index (χ3v) is 5.68. The van der Waals surface area contributed by atoms with Crippen LogP contribution in [0.5, 0.6) is 0 Å². The summed E-state index contributed by atoms with van der Waals surface area (Å²) in [6.07, 6.45) is 3.48. The fourth-order valence-electron chi connectivity index (χ4n) is 2.94. The summed E-state index contributed by atoms with van der Waals surface area (Å²) < 4.78 is 2.02. The van der Waals surface area contributed by atoms with Crippen LogP contribution in [0.4, 0.5) is 0 Å². The topological polar surface area (TPSA) is 63.9 Å². The highest BCUT2D eigenvalue weighted by molar-refractivity contribution is 7.99. The predicted molar refractivity (Wildman–Crippen MR) is 113 cm³/mol. The van der Waals surface area contributed by atoms with Gasteiger partial charge in [-0.25, -0.2) is 0 Å². The Hall–Kier alpha value is -2.67. The Morgan fingerprint density at radius 2 is 1.75 bits per heavy atom. The Morgan fingerprint density at radius 1 is 1.04 bits per heavy atom. The Bertz CT molecular complexity index is 951. The van der Waals surface area contributed by atoms with Crippen molar-refractivity contribution in [2.24, 2.45) is 0 Å². The number of aryl methyl sites for hydroxylation is 2. The molecular formula is C21H25N5OS. The van der Waals surface area contributed by atoms with Gasteiger partial charge in [0.15, 0.2) is 11.0 Å². The standard InChI is InChI=1S/C21H25N5OS/c1-5-25(6-2)19(27)14-28-21-24-23-20(17-9-11-22-12-10-17)26(21)18-8-7-15(3)16(4)13-18/h7-13H,5-6,14H2,1-4H3. The van der Waals surface area contributed by atoms with Gasteiger partial charge >= 0.3 is 0 Å². The number of benzene rings is 1. The smallest absolute Gasteiger partial charge is 0.233 e. The van der Waals surface area contributed by atoms with E-state index in [4.69, 9.17) is 0 Å². The van der Waals surface area contributed by atoms with Crippen LogP contribution in [0.2, 0.25) is 0 Å². The number of hydrogen-bond acceptors (Lipinski definition) is 5. The van der Waals surface area contributed by atoms with Crippen LogP contribution in [0.15, 0.2) is 47.9 Å². The molecule has 2 aromatic heterocycles. The third kappa shape index (κ3) is 4.25. The van der Waals surface area contributed by atoms with Crippen molar-refractivity contribution in [3.05, 3.63) is 53.9 Å². The van der Waals surface area contributed by atoms with Gasteiger partial charge in [-0.2, -0.15) is 0 Å². The Kier molecular flexibility index (Phi) is 6.46. The summed E-state index contributed by atoms with van der Waals surface area (Å²) in [6.45, 7) is 9.58. The van der Waals surface area contributed by atoms with Crippen molar-refractivity contribution < 1.29 is 4.79 Å². The minimum absolute atomic E-state index is 0.107. The predicted octanol–water partition coefficient (Wildman–Crippen LogP) is 3.91. The molecule has 3 rings (SSSR count). The highest BCUT2D eigenvalue weighted by Gasteiger charge is 2.19. The van der Waals surface area contributed by atoms with Gasteiger partial charge in [-0.05, 0) is 63.1 Å². The molecule has 2 heterocycles. The van der Waals surface area contributed by atoms with E-state index >= 15 is 0 Å². The first-order valence-electron chi connectivity index (χ1n) is 9.39. The molecule has 3 aromatic rings. The van der Waals surface area contributed by atoms with Gasteiger partial charge in [-0.1, -0.05) is 17.8 Å². The minimum atomic E-state index is 0.107. The SMILES string of the molecule is CCN(CC)C(=O)CSc1nnc(-c2ccncc2)n1-c1ccc(C)c(C)c1. The van der Waals surface area contributed by atoms with Crippen molar-refractivity contribution in [1.82, 2.24) is 24.6 Å². The zero-order valence-corrected chi connectivity index (χ0v) is 17.5. The molecule has 1 amide bonds. The van der Waals surface area contributed by atoms with Gasteiger partial charge in [0.1, 0.15) is 0 Å². The van der Waals surface area contributed by atoms with E-state index in [1.165, 1.54) is 22.9 Å². The second-order valence-corrected chi connectivity index (χ2v) is 7.44. The molecule has 0 aliphatic heterocycles. The lowest BCUT2D eigenvalue weighted by molar-refractivity contribution is -0.127. The Morgan fingerprint density at radius 3 is 2.39 bits per heavy atom. The second kappa shape index (κ2) is 9.01. The molecule has 0 atom stereocenters. The van der Waals surface area contributed by atoms with Gasteiger partial charge in [-0.15, -0.1) is 10.2 Å². The van der Waals surface area contributed by atoms with Crippen molar-refractivity contribution in [2.45, 2.75) is 32.9 Å². The molecule has 0 radical (unpaired) electrons. The summed E-state index contributed by atoms with van der Waals surface area (Å²) in [4.78, 5) is 18.4. The van der Waals surface area contributed by atoms with Gasteiger partial charge in [0.25, 0.3) is 0 Å². The molecule has 28 heavy (non-hydrogen) atoms. The Balaban J connectivity index is 1.99. The molecule has 0 aliphatic carbocycles. The van der Waals surface area contributed by atoms with Crippen LogP contribution in [0, 0.1) is 13.8 Å². The molecule has 0 saturated carbocycles. The fourth-order valence-corrected chi connectivity index (χ4v) is 3.80. The van der Waals surface area contributed by atoms with E-state index in [9.17, 15) is 4.79 Å². The molecule has 0 saturated heterocycles. The summed E-state index contributed by atoms with van der Waals surface area (Å²) in [6, 6.07) is 10.1. The van der Waals surface area contributed by atoms with Crippen LogP contribution >= 0.6 is 11.8 Å². The average molecular weight is 396 g/mol. The second-order valence-electron chi connectivity index (χ2n) is 6.50. The highest BCUT2D eigenvalue weighted by Crippen LogP contribution is 2.28.